The number of hydrogen-bond donors (Lipinski definition) is 0. The van der Waals surface area contributed by atoms with Gasteiger partial charge < -0.3 is 9.64 Å². The zero-order valence-electron chi connectivity index (χ0n) is 12.6. The topological polar surface area (TPSA) is 29.5 Å². The Morgan fingerprint density at radius 2 is 1.90 bits per heavy atom. The van der Waals surface area contributed by atoms with Gasteiger partial charge in [0.05, 0.1) is 0 Å². The van der Waals surface area contributed by atoms with Crippen molar-refractivity contribution in [1.29, 1.82) is 0 Å². The maximum Gasteiger partial charge on any atom is 0.410 e. The highest BCUT2D eigenvalue weighted by molar-refractivity contribution is 5.73. The van der Waals surface area contributed by atoms with Crippen molar-refractivity contribution in [3.63, 3.8) is 0 Å². The van der Waals surface area contributed by atoms with Crippen LogP contribution >= 0.6 is 0 Å². The van der Waals surface area contributed by atoms with Crippen molar-refractivity contribution in [2.75, 3.05) is 13.1 Å². The standard InChI is InChI=1S/C17H23NO2/c1-6-12-18(16(19)20-17(3,4)5)13-14(2)15-10-8-7-9-11-15/h6-11H,1-2,12-13H2,3-5H3. The number of amides is 1. The Morgan fingerprint density at radius 1 is 1.30 bits per heavy atom. The minimum absolute atomic E-state index is 0.352. The van der Waals surface area contributed by atoms with E-state index in [1.165, 1.54) is 0 Å². The fourth-order valence-electron chi connectivity index (χ4n) is 1.68. The van der Waals surface area contributed by atoms with Gasteiger partial charge in [-0.25, -0.2) is 4.79 Å². The van der Waals surface area contributed by atoms with Crippen LogP contribution in [0.5, 0.6) is 0 Å². The molecule has 0 saturated heterocycles. The van der Waals surface area contributed by atoms with Crippen LogP contribution in [-0.2, 0) is 4.74 Å². The van der Waals surface area contributed by atoms with Crippen LogP contribution in [0.2, 0.25) is 0 Å². The summed E-state index contributed by atoms with van der Waals surface area (Å²) in [6, 6.07) is 9.80. The first-order chi connectivity index (χ1) is 9.33. The van der Waals surface area contributed by atoms with E-state index < -0.39 is 5.60 Å². The van der Waals surface area contributed by atoms with Crippen LogP contribution in [0.25, 0.3) is 5.57 Å². The zero-order chi connectivity index (χ0) is 15.2. The molecular formula is C17H23NO2. The van der Waals surface area contributed by atoms with Crippen molar-refractivity contribution >= 4 is 11.7 Å². The van der Waals surface area contributed by atoms with E-state index in [1.807, 2.05) is 51.1 Å². The lowest BCUT2D eigenvalue weighted by Gasteiger charge is -2.27. The third-order valence-corrected chi connectivity index (χ3v) is 2.56. The maximum atomic E-state index is 12.1. The average Bonchev–Trinajstić information content (AvgIpc) is 2.37. The lowest BCUT2D eigenvalue weighted by Crippen LogP contribution is -2.37. The molecule has 1 rings (SSSR count). The zero-order valence-corrected chi connectivity index (χ0v) is 12.6. The number of carbonyl (C=O) groups excluding carboxylic acids is 1. The summed E-state index contributed by atoms with van der Waals surface area (Å²) < 4.78 is 5.39. The molecule has 3 nitrogen and oxygen atoms in total. The van der Waals surface area contributed by atoms with Crippen molar-refractivity contribution in [2.45, 2.75) is 26.4 Å². The van der Waals surface area contributed by atoms with Crippen molar-refractivity contribution in [3.05, 3.63) is 55.1 Å². The molecule has 0 atom stereocenters. The SMILES string of the molecule is C=CCN(CC(=C)c1ccccc1)C(=O)OC(C)(C)C. The van der Waals surface area contributed by atoms with Gasteiger partial charge in [-0.15, -0.1) is 6.58 Å². The highest BCUT2D eigenvalue weighted by atomic mass is 16.6. The summed E-state index contributed by atoms with van der Waals surface area (Å²) in [4.78, 5) is 13.7. The highest BCUT2D eigenvalue weighted by Crippen LogP contribution is 2.16. The third-order valence-electron chi connectivity index (χ3n) is 2.56. The predicted molar refractivity (Wildman–Crippen MR) is 83.5 cm³/mol. The Kier molecular flexibility index (Phi) is 5.56. The number of carbonyl (C=O) groups is 1. The molecule has 1 aromatic carbocycles. The van der Waals surface area contributed by atoms with E-state index in [-0.39, 0.29) is 6.09 Å². The fraction of sp³-hybridized carbons (Fsp3) is 0.353. The van der Waals surface area contributed by atoms with Crippen molar-refractivity contribution in [1.82, 2.24) is 4.90 Å². The molecule has 0 spiro atoms. The van der Waals surface area contributed by atoms with Gasteiger partial charge in [-0.3, -0.25) is 0 Å². The molecule has 0 N–H and O–H groups in total. The first kappa shape index (κ1) is 16.0. The second kappa shape index (κ2) is 6.94. The number of nitrogens with zero attached hydrogens (tertiary/aromatic N) is 1. The van der Waals surface area contributed by atoms with Crippen LogP contribution < -0.4 is 0 Å². The van der Waals surface area contributed by atoms with Crippen LogP contribution in [0.4, 0.5) is 4.79 Å². The number of hydrogen-bond acceptors (Lipinski definition) is 2. The summed E-state index contributed by atoms with van der Waals surface area (Å²) in [5, 5.41) is 0. The minimum Gasteiger partial charge on any atom is -0.444 e. The average molecular weight is 273 g/mol. The first-order valence-corrected chi connectivity index (χ1v) is 6.65. The minimum atomic E-state index is -0.509. The van der Waals surface area contributed by atoms with Crippen molar-refractivity contribution < 1.29 is 9.53 Å². The van der Waals surface area contributed by atoms with Gasteiger partial charge in [0.1, 0.15) is 5.60 Å². The molecule has 20 heavy (non-hydrogen) atoms. The fourth-order valence-corrected chi connectivity index (χ4v) is 1.68. The van der Waals surface area contributed by atoms with Gasteiger partial charge in [0.2, 0.25) is 0 Å². The van der Waals surface area contributed by atoms with E-state index in [0.29, 0.717) is 13.1 Å². The van der Waals surface area contributed by atoms with Gasteiger partial charge in [-0.05, 0) is 31.9 Å². The second-order valence-corrected chi connectivity index (χ2v) is 5.62. The molecule has 0 heterocycles. The van der Waals surface area contributed by atoms with E-state index in [1.54, 1.807) is 11.0 Å². The Labute approximate surface area is 121 Å². The summed E-state index contributed by atoms with van der Waals surface area (Å²) >= 11 is 0. The molecule has 0 saturated carbocycles. The molecule has 3 heteroatoms. The molecule has 108 valence electrons. The van der Waals surface area contributed by atoms with Gasteiger partial charge in [-0.1, -0.05) is 43.0 Å². The summed E-state index contributed by atoms with van der Waals surface area (Å²) in [5.74, 6) is 0. The molecule has 0 aliphatic carbocycles. The predicted octanol–water partition coefficient (Wildman–Crippen LogP) is 4.12. The second-order valence-electron chi connectivity index (χ2n) is 5.62. The van der Waals surface area contributed by atoms with Gasteiger partial charge in [0, 0.05) is 13.1 Å². The molecule has 0 aromatic heterocycles. The summed E-state index contributed by atoms with van der Waals surface area (Å²) in [7, 11) is 0. The maximum absolute atomic E-state index is 12.1. The van der Waals surface area contributed by atoms with E-state index in [2.05, 4.69) is 13.2 Å². The molecule has 0 fully saturated rings. The molecule has 1 amide bonds. The smallest absolute Gasteiger partial charge is 0.410 e. The van der Waals surface area contributed by atoms with E-state index >= 15 is 0 Å². The van der Waals surface area contributed by atoms with Gasteiger partial charge in [0.15, 0.2) is 0 Å². The number of ether oxygens (including phenoxy) is 1. The van der Waals surface area contributed by atoms with Crippen LogP contribution in [0.15, 0.2) is 49.6 Å². The molecule has 0 radical (unpaired) electrons. The highest BCUT2D eigenvalue weighted by Gasteiger charge is 2.21. The molecular weight excluding hydrogens is 250 g/mol. The Morgan fingerprint density at radius 3 is 2.40 bits per heavy atom. The van der Waals surface area contributed by atoms with Crippen molar-refractivity contribution in [3.8, 4) is 0 Å². The Hall–Kier alpha value is -2.03. The van der Waals surface area contributed by atoms with Crippen LogP contribution in [0.3, 0.4) is 0 Å². The summed E-state index contributed by atoms with van der Waals surface area (Å²) in [6.45, 7) is 14.1. The largest absolute Gasteiger partial charge is 0.444 e. The van der Waals surface area contributed by atoms with Gasteiger partial charge >= 0.3 is 6.09 Å². The molecule has 0 aliphatic heterocycles. The lowest BCUT2D eigenvalue weighted by atomic mass is 10.1. The van der Waals surface area contributed by atoms with Crippen molar-refractivity contribution in [2.24, 2.45) is 0 Å². The van der Waals surface area contributed by atoms with E-state index in [0.717, 1.165) is 11.1 Å². The lowest BCUT2D eigenvalue weighted by molar-refractivity contribution is 0.0296. The Bertz CT molecular complexity index is 472. The monoisotopic (exact) mass is 273 g/mol. The molecule has 0 unspecified atom stereocenters. The van der Waals surface area contributed by atoms with E-state index in [9.17, 15) is 4.79 Å². The van der Waals surface area contributed by atoms with Gasteiger partial charge in [0.25, 0.3) is 0 Å². The normalized spacial score (nSPS) is 10.8. The van der Waals surface area contributed by atoms with Gasteiger partial charge in [-0.2, -0.15) is 0 Å². The first-order valence-electron chi connectivity index (χ1n) is 6.65. The quantitative estimate of drug-likeness (QED) is 0.755. The third kappa shape index (κ3) is 5.31. The summed E-state index contributed by atoms with van der Waals surface area (Å²) in [5.41, 5.74) is 1.38. The van der Waals surface area contributed by atoms with E-state index in [4.69, 9.17) is 4.74 Å². The summed E-state index contributed by atoms with van der Waals surface area (Å²) in [6.07, 6.45) is 1.33. The molecule has 0 bridgehead atoms. The number of rotatable bonds is 5. The molecule has 1 aromatic rings. The van der Waals surface area contributed by atoms with Crippen LogP contribution in [0, 0.1) is 0 Å². The molecule has 0 aliphatic rings. The Balaban J connectivity index is 2.75. The van der Waals surface area contributed by atoms with Crippen LogP contribution in [-0.4, -0.2) is 29.7 Å². The van der Waals surface area contributed by atoms with Crippen LogP contribution in [0.1, 0.15) is 26.3 Å². The number of benzene rings is 1.